The van der Waals surface area contributed by atoms with Crippen LogP contribution in [0.15, 0.2) is 36.4 Å². The SMILES string of the molecule is C=C(C(=O)N(C)[C@H]1CN(C(=O)C2CCN(C(=O)C3(C)CC3)CC2)C[C@@H]1c1ccc(Cl)cc1)C1CCC(C)CC1. The number of benzene rings is 1. The molecule has 4 aliphatic rings. The predicted octanol–water partition coefficient (Wildman–Crippen LogP) is 5.51. The smallest absolute Gasteiger partial charge is 0.249 e. The van der Waals surface area contributed by atoms with Gasteiger partial charge in [0.2, 0.25) is 17.7 Å². The van der Waals surface area contributed by atoms with Crippen molar-refractivity contribution in [2.24, 2.45) is 23.2 Å². The molecule has 3 amide bonds. The van der Waals surface area contributed by atoms with E-state index in [2.05, 4.69) is 20.4 Å². The van der Waals surface area contributed by atoms with Gasteiger partial charge in [-0.25, -0.2) is 0 Å². The maximum Gasteiger partial charge on any atom is 0.249 e. The molecule has 4 fully saturated rings. The molecule has 0 aromatic heterocycles. The Hall–Kier alpha value is -2.34. The second-order valence-corrected chi connectivity index (χ2v) is 13.4. The molecule has 0 spiro atoms. The largest absolute Gasteiger partial charge is 0.342 e. The van der Waals surface area contributed by atoms with E-state index in [0.717, 1.165) is 44.1 Å². The van der Waals surface area contributed by atoms with Gasteiger partial charge in [-0.15, -0.1) is 0 Å². The number of carbonyl (C=O) groups excluding carboxylic acids is 3. The van der Waals surface area contributed by atoms with Gasteiger partial charge >= 0.3 is 0 Å². The standard InChI is InChI=1S/C32H44ClN3O3/c1-21-5-7-23(8-6-21)22(2)29(37)34(4)28-20-36(19-27(28)24-9-11-26(33)12-10-24)30(38)25-13-17-35(18-14-25)31(39)32(3)15-16-32/h9-12,21,23,25,27-28H,2,5-8,13-20H2,1,3-4H3/t21?,23?,27-,28+/m1/s1. The first kappa shape index (κ1) is 28.2. The Morgan fingerprint density at radius 2 is 1.54 bits per heavy atom. The van der Waals surface area contributed by atoms with Gasteiger partial charge in [0.05, 0.1) is 6.04 Å². The van der Waals surface area contributed by atoms with Crippen molar-refractivity contribution in [3.63, 3.8) is 0 Å². The van der Waals surface area contributed by atoms with Gasteiger partial charge in [-0.2, -0.15) is 0 Å². The molecule has 39 heavy (non-hydrogen) atoms. The fourth-order valence-corrected chi connectivity index (χ4v) is 7.05. The Bertz CT molecular complexity index is 1100. The average molecular weight is 554 g/mol. The summed E-state index contributed by atoms with van der Waals surface area (Å²) in [5.41, 5.74) is 1.64. The van der Waals surface area contributed by atoms with Crippen LogP contribution in [0.25, 0.3) is 0 Å². The van der Waals surface area contributed by atoms with E-state index in [1.54, 1.807) is 0 Å². The normalized spacial score (nSPS) is 28.7. The van der Waals surface area contributed by atoms with Crippen LogP contribution in [-0.2, 0) is 14.4 Å². The lowest BCUT2D eigenvalue weighted by Gasteiger charge is -2.35. The van der Waals surface area contributed by atoms with Crippen molar-refractivity contribution in [1.29, 1.82) is 0 Å². The van der Waals surface area contributed by atoms with Crippen molar-refractivity contribution in [3.05, 3.63) is 47.0 Å². The summed E-state index contributed by atoms with van der Waals surface area (Å²) in [6.45, 7) is 11.0. The van der Waals surface area contributed by atoms with Crippen LogP contribution in [0, 0.1) is 23.2 Å². The van der Waals surface area contributed by atoms with E-state index in [1.165, 1.54) is 0 Å². The second-order valence-electron chi connectivity index (χ2n) is 13.0. The number of piperidine rings is 1. The van der Waals surface area contributed by atoms with Gasteiger partial charge < -0.3 is 14.7 Å². The lowest BCUT2D eigenvalue weighted by molar-refractivity contribution is -0.142. The van der Waals surface area contributed by atoms with Crippen LogP contribution in [-0.4, -0.2) is 71.7 Å². The lowest BCUT2D eigenvalue weighted by Crippen LogP contribution is -2.46. The predicted molar refractivity (Wildman–Crippen MR) is 154 cm³/mol. The van der Waals surface area contributed by atoms with Gasteiger partial charge in [0.1, 0.15) is 0 Å². The Balaban J connectivity index is 1.27. The topological polar surface area (TPSA) is 60.9 Å². The minimum atomic E-state index is -0.165. The first-order valence-corrected chi connectivity index (χ1v) is 15.2. The molecule has 0 radical (unpaired) electrons. The molecule has 1 aromatic carbocycles. The van der Waals surface area contributed by atoms with Crippen LogP contribution in [0.5, 0.6) is 0 Å². The maximum atomic E-state index is 13.7. The molecule has 0 bridgehead atoms. The van der Waals surface area contributed by atoms with E-state index in [0.29, 0.717) is 55.5 Å². The minimum absolute atomic E-state index is 0.00760. The van der Waals surface area contributed by atoms with Crippen LogP contribution >= 0.6 is 11.6 Å². The van der Waals surface area contributed by atoms with Crippen molar-refractivity contribution in [3.8, 4) is 0 Å². The quantitative estimate of drug-likeness (QED) is 0.436. The Morgan fingerprint density at radius 1 is 0.923 bits per heavy atom. The molecule has 2 aliphatic heterocycles. The summed E-state index contributed by atoms with van der Waals surface area (Å²) >= 11 is 6.18. The van der Waals surface area contributed by atoms with E-state index < -0.39 is 0 Å². The Kier molecular flexibility index (Phi) is 8.15. The number of hydrogen-bond donors (Lipinski definition) is 0. The highest BCUT2D eigenvalue weighted by molar-refractivity contribution is 6.30. The van der Waals surface area contributed by atoms with Gasteiger partial charge in [-0.3, -0.25) is 14.4 Å². The number of rotatable bonds is 6. The molecule has 5 rings (SSSR count). The molecule has 2 saturated carbocycles. The zero-order chi connectivity index (χ0) is 27.9. The minimum Gasteiger partial charge on any atom is -0.342 e. The molecular formula is C32H44ClN3O3. The highest BCUT2D eigenvalue weighted by atomic mass is 35.5. The molecular weight excluding hydrogens is 510 g/mol. The Labute approximate surface area is 238 Å². The number of likely N-dealkylation sites (tertiary alicyclic amines) is 2. The molecule has 2 atom stereocenters. The van der Waals surface area contributed by atoms with Crippen molar-refractivity contribution in [2.45, 2.75) is 77.2 Å². The van der Waals surface area contributed by atoms with Crippen LogP contribution in [0.4, 0.5) is 0 Å². The molecule has 212 valence electrons. The van der Waals surface area contributed by atoms with E-state index >= 15 is 0 Å². The highest BCUT2D eigenvalue weighted by Gasteiger charge is 2.48. The van der Waals surface area contributed by atoms with Crippen LogP contribution in [0.2, 0.25) is 5.02 Å². The summed E-state index contributed by atoms with van der Waals surface area (Å²) in [6.07, 6.45) is 7.70. The summed E-state index contributed by atoms with van der Waals surface area (Å²) < 4.78 is 0. The molecule has 0 unspecified atom stereocenters. The van der Waals surface area contributed by atoms with Crippen molar-refractivity contribution in [1.82, 2.24) is 14.7 Å². The van der Waals surface area contributed by atoms with Crippen molar-refractivity contribution >= 4 is 29.3 Å². The average Bonchev–Trinajstić information content (AvgIpc) is 3.55. The van der Waals surface area contributed by atoms with Gasteiger partial charge in [0.15, 0.2) is 0 Å². The zero-order valence-corrected chi connectivity index (χ0v) is 24.6. The van der Waals surface area contributed by atoms with Gasteiger partial charge in [-0.05, 0) is 68.1 Å². The molecule has 1 aromatic rings. The Morgan fingerprint density at radius 3 is 2.13 bits per heavy atom. The van der Waals surface area contributed by atoms with E-state index in [-0.39, 0.29) is 46.9 Å². The lowest BCUT2D eigenvalue weighted by atomic mass is 9.79. The second kappa shape index (κ2) is 11.3. The first-order valence-electron chi connectivity index (χ1n) is 14.9. The first-order chi connectivity index (χ1) is 18.6. The molecule has 2 aliphatic carbocycles. The summed E-state index contributed by atoms with van der Waals surface area (Å²) in [7, 11) is 1.88. The zero-order valence-electron chi connectivity index (χ0n) is 23.8. The van der Waals surface area contributed by atoms with Gasteiger partial charge in [0.25, 0.3) is 0 Å². The maximum absolute atomic E-state index is 13.7. The molecule has 6 nitrogen and oxygen atoms in total. The summed E-state index contributed by atoms with van der Waals surface area (Å²) in [5.74, 6) is 1.31. The van der Waals surface area contributed by atoms with Crippen LogP contribution in [0.1, 0.15) is 76.7 Å². The fourth-order valence-electron chi connectivity index (χ4n) is 6.93. The highest BCUT2D eigenvalue weighted by Crippen LogP contribution is 2.47. The molecule has 7 heteroatoms. The van der Waals surface area contributed by atoms with E-state index in [4.69, 9.17) is 11.6 Å². The third-order valence-corrected chi connectivity index (χ3v) is 10.4. The monoisotopic (exact) mass is 553 g/mol. The number of amides is 3. The fraction of sp³-hybridized carbons (Fsp3) is 0.656. The number of nitrogens with zero attached hydrogens (tertiary/aromatic N) is 3. The van der Waals surface area contributed by atoms with Gasteiger partial charge in [0, 0.05) is 61.1 Å². The van der Waals surface area contributed by atoms with Crippen molar-refractivity contribution < 1.29 is 14.4 Å². The molecule has 2 saturated heterocycles. The number of halogens is 1. The molecule has 0 N–H and O–H groups in total. The third kappa shape index (κ3) is 5.91. The summed E-state index contributed by atoms with van der Waals surface area (Å²) in [4.78, 5) is 46.0. The number of carbonyl (C=O) groups is 3. The van der Waals surface area contributed by atoms with Crippen LogP contribution in [0.3, 0.4) is 0 Å². The summed E-state index contributed by atoms with van der Waals surface area (Å²) in [6, 6.07) is 7.68. The number of likely N-dealkylation sites (N-methyl/N-ethyl adjacent to an activating group) is 1. The third-order valence-electron chi connectivity index (χ3n) is 10.1. The number of hydrogen-bond acceptors (Lipinski definition) is 3. The van der Waals surface area contributed by atoms with E-state index in [9.17, 15) is 14.4 Å². The van der Waals surface area contributed by atoms with Gasteiger partial charge in [-0.1, -0.05) is 57.0 Å². The molecule has 2 heterocycles. The van der Waals surface area contributed by atoms with E-state index in [1.807, 2.05) is 46.0 Å². The summed E-state index contributed by atoms with van der Waals surface area (Å²) in [5, 5.41) is 0.673. The van der Waals surface area contributed by atoms with Crippen molar-refractivity contribution in [2.75, 3.05) is 33.2 Å². The van der Waals surface area contributed by atoms with Crippen LogP contribution < -0.4 is 0 Å².